The molecule has 4 rings (SSSR count). The van der Waals surface area contributed by atoms with E-state index in [-0.39, 0.29) is 5.91 Å². The van der Waals surface area contributed by atoms with Gasteiger partial charge in [0.2, 0.25) is 11.7 Å². The maximum atomic E-state index is 13.2. The maximum absolute atomic E-state index is 13.2. The number of amides is 1. The minimum atomic E-state index is -0.0750. The van der Waals surface area contributed by atoms with E-state index in [1.807, 2.05) is 49.9 Å². The molecule has 1 aliphatic heterocycles. The highest BCUT2D eigenvalue weighted by atomic mass is 35.5. The third kappa shape index (κ3) is 6.13. The molecule has 1 saturated heterocycles. The number of nitrogens with zero attached hydrogens (tertiary/aromatic N) is 4. The zero-order chi connectivity index (χ0) is 24.8. The summed E-state index contributed by atoms with van der Waals surface area (Å²) in [6, 6.07) is 11.4. The fourth-order valence-electron chi connectivity index (χ4n) is 3.92. The Kier molecular flexibility index (Phi) is 8.25. The molecule has 9 heteroatoms. The van der Waals surface area contributed by atoms with E-state index in [1.54, 1.807) is 12.1 Å². The third-order valence-electron chi connectivity index (χ3n) is 5.80. The first-order valence-corrected chi connectivity index (χ1v) is 12.4. The van der Waals surface area contributed by atoms with Crippen LogP contribution in [0.5, 0.6) is 11.5 Å². The van der Waals surface area contributed by atoms with Gasteiger partial charge in [-0.2, -0.15) is 4.98 Å². The van der Waals surface area contributed by atoms with E-state index in [1.165, 1.54) is 5.56 Å². The van der Waals surface area contributed by atoms with E-state index in [9.17, 15) is 4.79 Å². The first kappa shape index (κ1) is 25.0. The molecular formula is C26H31ClN4O4. The summed E-state index contributed by atoms with van der Waals surface area (Å²) < 4.78 is 16.9. The Balaban J connectivity index is 1.36. The highest BCUT2D eigenvalue weighted by Gasteiger charge is 2.25. The van der Waals surface area contributed by atoms with Crippen molar-refractivity contribution in [2.45, 2.75) is 33.7 Å². The average molecular weight is 499 g/mol. The van der Waals surface area contributed by atoms with Crippen molar-refractivity contribution in [1.29, 1.82) is 0 Å². The summed E-state index contributed by atoms with van der Waals surface area (Å²) >= 11 is 6.45. The van der Waals surface area contributed by atoms with E-state index in [0.717, 1.165) is 12.0 Å². The molecule has 186 valence electrons. The number of hydrogen-bond acceptors (Lipinski definition) is 7. The van der Waals surface area contributed by atoms with Crippen LogP contribution in [-0.4, -0.2) is 65.2 Å². The van der Waals surface area contributed by atoms with Crippen molar-refractivity contribution in [2.24, 2.45) is 0 Å². The Morgan fingerprint density at radius 3 is 2.51 bits per heavy atom. The Morgan fingerprint density at radius 1 is 1.09 bits per heavy atom. The first-order valence-electron chi connectivity index (χ1n) is 12.0. The zero-order valence-corrected chi connectivity index (χ0v) is 21.2. The Morgan fingerprint density at radius 2 is 1.83 bits per heavy atom. The summed E-state index contributed by atoms with van der Waals surface area (Å²) in [7, 11) is 0. The monoisotopic (exact) mass is 498 g/mol. The lowest BCUT2D eigenvalue weighted by molar-refractivity contribution is 0.0614. The molecule has 35 heavy (non-hydrogen) atoms. The number of rotatable bonds is 9. The highest BCUT2D eigenvalue weighted by molar-refractivity contribution is 6.32. The van der Waals surface area contributed by atoms with Crippen LogP contribution >= 0.6 is 11.6 Å². The second-order valence-electron chi connectivity index (χ2n) is 8.51. The second-order valence-corrected chi connectivity index (χ2v) is 8.92. The fourth-order valence-corrected chi connectivity index (χ4v) is 4.19. The Bertz CT molecular complexity index is 1140. The van der Waals surface area contributed by atoms with Crippen molar-refractivity contribution >= 4 is 17.5 Å². The molecule has 8 nitrogen and oxygen atoms in total. The minimum Gasteiger partial charge on any atom is -0.490 e. The second kappa shape index (κ2) is 11.6. The normalized spacial score (nSPS) is 14.2. The van der Waals surface area contributed by atoms with Gasteiger partial charge in [0.25, 0.3) is 5.91 Å². The molecule has 2 aromatic carbocycles. The summed E-state index contributed by atoms with van der Waals surface area (Å²) in [5, 5.41) is 4.49. The topological polar surface area (TPSA) is 80.9 Å². The molecule has 0 radical (unpaired) electrons. The van der Waals surface area contributed by atoms with Crippen LogP contribution in [0.1, 0.15) is 42.1 Å². The number of piperazine rings is 1. The molecule has 0 N–H and O–H groups in total. The quantitative estimate of drug-likeness (QED) is 0.417. The van der Waals surface area contributed by atoms with Gasteiger partial charge in [-0.1, -0.05) is 53.5 Å². The van der Waals surface area contributed by atoms with Crippen LogP contribution in [0.4, 0.5) is 0 Å². The number of benzene rings is 2. The molecule has 0 atom stereocenters. The van der Waals surface area contributed by atoms with Crippen LogP contribution in [0.25, 0.3) is 11.4 Å². The molecule has 0 unspecified atom stereocenters. The van der Waals surface area contributed by atoms with Gasteiger partial charge in [0.05, 0.1) is 24.8 Å². The van der Waals surface area contributed by atoms with Crippen molar-refractivity contribution < 1.29 is 18.8 Å². The van der Waals surface area contributed by atoms with Gasteiger partial charge in [0, 0.05) is 37.3 Å². The van der Waals surface area contributed by atoms with Crippen LogP contribution in [0.3, 0.4) is 0 Å². The molecule has 2 heterocycles. The molecular weight excluding hydrogens is 468 g/mol. The van der Waals surface area contributed by atoms with E-state index in [2.05, 4.69) is 15.0 Å². The lowest BCUT2D eigenvalue weighted by Crippen LogP contribution is -2.48. The standard InChI is InChI=1S/C26H31ClN4O4/c1-4-14-34-24-21(27)15-20(16-22(24)33-5-2)26(32)31-12-10-30(11-13-31)17-23-28-25(29-35-23)19-8-6-18(3)7-9-19/h6-9,15-16H,4-5,10-14,17H2,1-3H3. The van der Waals surface area contributed by atoms with Gasteiger partial charge in [-0.3, -0.25) is 9.69 Å². The molecule has 1 amide bonds. The zero-order valence-electron chi connectivity index (χ0n) is 20.4. The van der Waals surface area contributed by atoms with Crippen molar-refractivity contribution in [3.8, 4) is 22.9 Å². The Labute approximate surface area is 210 Å². The van der Waals surface area contributed by atoms with Crippen molar-refractivity contribution in [1.82, 2.24) is 19.9 Å². The summed E-state index contributed by atoms with van der Waals surface area (Å²) in [5.41, 5.74) is 2.61. The van der Waals surface area contributed by atoms with Crippen LogP contribution < -0.4 is 9.47 Å². The number of carbonyl (C=O) groups is 1. The van der Waals surface area contributed by atoms with Crippen LogP contribution in [0.15, 0.2) is 40.9 Å². The van der Waals surface area contributed by atoms with Crippen molar-refractivity contribution in [3.05, 3.63) is 58.4 Å². The summed E-state index contributed by atoms with van der Waals surface area (Å²) in [4.78, 5) is 21.8. The largest absolute Gasteiger partial charge is 0.490 e. The lowest BCUT2D eigenvalue weighted by atomic mass is 10.1. The van der Waals surface area contributed by atoms with Gasteiger partial charge in [0.1, 0.15) is 0 Å². The Hall–Kier alpha value is -3.10. The van der Waals surface area contributed by atoms with Gasteiger partial charge < -0.3 is 18.9 Å². The van der Waals surface area contributed by atoms with Gasteiger partial charge in [-0.25, -0.2) is 0 Å². The molecule has 0 spiro atoms. The van der Waals surface area contributed by atoms with E-state index in [0.29, 0.717) is 79.7 Å². The summed E-state index contributed by atoms with van der Waals surface area (Å²) in [6.45, 7) is 10.1. The number of ether oxygens (including phenoxy) is 2. The molecule has 0 bridgehead atoms. The SMILES string of the molecule is CCCOc1c(Cl)cc(C(=O)N2CCN(Cc3nc(-c4ccc(C)cc4)no3)CC2)cc1OCC. The lowest BCUT2D eigenvalue weighted by Gasteiger charge is -2.34. The van der Waals surface area contributed by atoms with Crippen LogP contribution in [-0.2, 0) is 6.54 Å². The minimum absolute atomic E-state index is 0.0750. The average Bonchev–Trinajstić information content (AvgIpc) is 3.32. The van der Waals surface area contributed by atoms with Crippen molar-refractivity contribution in [3.63, 3.8) is 0 Å². The van der Waals surface area contributed by atoms with E-state index < -0.39 is 0 Å². The van der Waals surface area contributed by atoms with E-state index >= 15 is 0 Å². The molecule has 0 aliphatic carbocycles. The van der Waals surface area contributed by atoms with Gasteiger partial charge in [0.15, 0.2) is 11.5 Å². The molecule has 1 aromatic heterocycles. The van der Waals surface area contributed by atoms with Crippen LogP contribution in [0.2, 0.25) is 5.02 Å². The number of aryl methyl sites for hydroxylation is 1. The van der Waals surface area contributed by atoms with Gasteiger partial charge in [-0.15, -0.1) is 0 Å². The molecule has 3 aromatic rings. The molecule has 1 fully saturated rings. The predicted octanol–water partition coefficient (Wildman–Crippen LogP) is 4.84. The number of aromatic nitrogens is 2. The first-order chi connectivity index (χ1) is 17.0. The summed E-state index contributed by atoms with van der Waals surface area (Å²) in [6.07, 6.45) is 0.851. The summed E-state index contributed by atoms with van der Waals surface area (Å²) in [5.74, 6) is 2.06. The van der Waals surface area contributed by atoms with Gasteiger partial charge in [-0.05, 0) is 32.4 Å². The highest BCUT2D eigenvalue weighted by Crippen LogP contribution is 2.37. The smallest absolute Gasteiger partial charge is 0.254 e. The van der Waals surface area contributed by atoms with Gasteiger partial charge >= 0.3 is 0 Å². The van der Waals surface area contributed by atoms with Crippen molar-refractivity contribution in [2.75, 3.05) is 39.4 Å². The van der Waals surface area contributed by atoms with Crippen LogP contribution in [0, 0.1) is 6.92 Å². The maximum Gasteiger partial charge on any atom is 0.254 e. The van der Waals surface area contributed by atoms with E-state index in [4.69, 9.17) is 25.6 Å². The fraction of sp³-hybridized carbons (Fsp3) is 0.423. The molecule has 1 aliphatic rings. The number of halogens is 1. The third-order valence-corrected chi connectivity index (χ3v) is 6.08. The predicted molar refractivity (Wildman–Crippen MR) is 134 cm³/mol. The number of carbonyl (C=O) groups excluding carboxylic acids is 1. The number of hydrogen-bond donors (Lipinski definition) is 0. The molecule has 0 saturated carbocycles.